The predicted octanol–water partition coefficient (Wildman–Crippen LogP) is 4.15. The molecule has 2 aromatic carbocycles. The van der Waals surface area contributed by atoms with Crippen LogP contribution < -0.4 is 14.8 Å². The monoisotopic (exact) mass is 471 g/mol. The van der Waals surface area contributed by atoms with Crippen molar-refractivity contribution in [2.75, 3.05) is 26.1 Å². The lowest BCUT2D eigenvalue weighted by atomic mass is 10.2. The van der Waals surface area contributed by atoms with Gasteiger partial charge in [-0.05, 0) is 35.9 Å². The minimum Gasteiger partial charge on any atom is -0.493 e. The number of anilines is 1. The van der Waals surface area contributed by atoms with E-state index in [-0.39, 0.29) is 18.4 Å². The second kappa shape index (κ2) is 9.04. The standard InChI is InChI=1S/C21H17N3O4S3/c1-27-14-8-7-12(9-15(14)28-2)10-17-19(26)24(21(29)31-17)11-18(25)23-20-22-13-5-3-4-6-16(13)30-20/h3-10H,11H2,1-2H3,(H,22,23,25)/b17-10+. The second-order valence-corrected chi connectivity index (χ2v) is 9.12. The summed E-state index contributed by atoms with van der Waals surface area (Å²) < 4.78 is 11.8. The molecular weight excluding hydrogens is 454 g/mol. The summed E-state index contributed by atoms with van der Waals surface area (Å²) in [6, 6.07) is 13.0. The van der Waals surface area contributed by atoms with E-state index in [0.29, 0.717) is 25.9 Å². The van der Waals surface area contributed by atoms with Gasteiger partial charge >= 0.3 is 0 Å². The van der Waals surface area contributed by atoms with Gasteiger partial charge in [0.15, 0.2) is 16.6 Å². The fourth-order valence-corrected chi connectivity index (χ4v) is 5.10. The number of rotatable bonds is 6. The summed E-state index contributed by atoms with van der Waals surface area (Å²) in [6.45, 7) is -0.177. The number of amides is 2. The average molecular weight is 472 g/mol. The molecule has 1 aromatic heterocycles. The first-order valence-corrected chi connectivity index (χ1v) is 11.2. The number of carbonyl (C=O) groups excluding carboxylic acids is 2. The van der Waals surface area contributed by atoms with E-state index in [1.165, 1.54) is 16.2 Å². The maximum Gasteiger partial charge on any atom is 0.266 e. The van der Waals surface area contributed by atoms with Crippen molar-refractivity contribution < 1.29 is 19.1 Å². The minimum absolute atomic E-state index is 0.177. The van der Waals surface area contributed by atoms with Gasteiger partial charge in [0.1, 0.15) is 10.9 Å². The topological polar surface area (TPSA) is 80.8 Å². The van der Waals surface area contributed by atoms with Crippen molar-refractivity contribution >= 4 is 72.9 Å². The molecule has 1 fully saturated rings. The first-order chi connectivity index (χ1) is 15.0. The van der Waals surface area contributed by atoms with Gasteiger partial charge in [0.2, 0.25) is 5.91 Å². The van der Waals surface area contributed by atoms with Gasteiger partial charge in [0, 0.05) is 0 Å². The number of nitrogens with one attached hydrogen (secondary N) is 1. The van der Waals surface area contributed by atoms with Gasteiger partial charge in [-0.3, -0.25) is 14.5 Å². The molecule has 1 aliphatic rings. The van der Waals surface area contributed by atoms with E-state index in [1.807, 2.05) is 30.3 Å². The third-order valence-electron chi connectivity index (χ3n) is 4.42. The Morgan fingerprint density at radius 1 is 1.19 bits per heavy atom. The van der Waals surface area contributed by atoms with Crippen LogP contribution in [-0.2, 0) is 9.59 Å². The SMILES string of the molecule is COc1ccc(/C=C2/SC(=S)N(CC(=O)Nc3nc4ccccc4s3)C2=O)cc1OC. The molecule has 0 atom stereocenters. The third-order valence-corrected chi connectivity index (χ3v) is 6.75. The summed E-state index contributed by atoms with van der Waals surface area (Å²) in [7, 11) is 3.10. The number of hydrogen-bond donors (Lipinski definition) is 1. The summed E-state index contributed by atoms with van der Waals surface area (Å²) in [5, 5.41) is 3.23. The van der Waals surface area contributed by atoms with Gasteiger partial charge < -0.3 is 14.8 Å². The fourth-order valence-electron chi connectivity index (χ4n) is 2.96. The van der Waals surface area contributed by atoms with Gasteiger partial charge in [-0.2, -0.15) is 0 Å². The summed E-state index contributed by atoms with van der Waals surface area (Å²) in [6.07, 6.45) is 1.71. The molecule has 0 saturated carbocycles. The van der Waals surface area contributed by atoms with Crippen LogP contribution in [0.2, 0.25) is 0 Å². The molecule has 10 heteroatoms. The van der Waals surface area contributed by atoms with Crippen LogP contribution in [0.25, 0.3) is 16.3 Å². The average Bonchev–Trinajstić information content (AvgIpc) is 3.28. The van der Waals surface area contributed by atoms with Crippen molar-refractivity contribution in [3.8, 4) is 11.5 Å². The zero-order valence-electron chi connectivity index (χ0n) is 16.6. The highest BCUT2D eigenvalue weighted by atomic mass is 32.2. The largest absolute Gasteiger partial charge is 0.493 e. The zero-order valence-corrected chi connectivity index (χ0v) is 19.0. The van der Waals surface area contributed by atoms with Crippen LogP contribution in [0.5, 0.6) is 11.5 Å². The van der Waals surface area contributed by atoms with Crippen molar-refractivity contribution in [2.24, 2.45) is 0 Å². The Kier molecular flexibility index (Phi) is 6.21. The van der Waals surface area contributed by atoms with E-state index in [2.05, 4.69) is 10.3 Å². The number of nitrogens with zero attached hydrogens (tertiary/aromatic N) is 2. The highest BCUT2D eigenvalue weighted by Gasteiger charge is 2.33. The first kappa shape index (κ1) is 21.3. The maximum absolute atomic E-state index is 12.8. The van der Waals surface area contributed by atoms with Crippen LogP contribution in [0, 0.1) is 0 Å². The number of aromatic nitrogens is 1. The zero-order chi connectivity index (χ0) is 22.0. The molecule has 0 spiro atoms. The normalized spacial score (nSPS) is 15.0. The molecular formula is C21H17N3O4S3. The number of benzene rings is 2. The molecule has 4 rings (SSSR count). The fraction of sp³-hybridized carbons (Fsp3) is 0.143. The molecule has 1 N–H and O–H groups in total. The highest BCUT2D eigenvalue weighted by Crippen LogP contribution is 2.34. The van der Waals surface area contributed by atoms with Gasteiger partial charge in [-0.1, -0.05) is 53.5 Å². The molecule has 31 heavy (non-hydrogen) atoms. The molecule has 7 nitrogen and oxygen atoms in total. The Bertz CT molecular complexity index is 1190. The summed E-state index contributed by atoms with van der Waals surface area (Å²) in [4.78, 5) is 31.4. The van der Waals surface area contributed by atoms with E-state index >= 15 is 0 Å². The number of hydrogen-bond acceptors (Lipinski definition) is 8. The Labute approximate surface area is 192 Å². The van der Waals surface area contributed by atoms with E-state index in [1.54, 1.807) is 32.4 Å². The van der Waals surface area contributed by atoms with Crippen LogP contribution in [0.4, 0.5) is 5.13 Å². The number of para-hydroxylation sites is 1. The van der Waals surface area contributed by atoms with E-state index < -0.39 is 0 Å². The number of fused-ring (bicyclic) bond motifs is 1. The molecule has 2 amide bonds. The number of thiazole rings is 1. The molecule has 2 heterocycles. The lowest BCUT2D eigenvalue weighted by Gasteiger charge is -2.13. The van der Waals surface area contributed by atoms with Crippen LogP contribution in [-0.4, -0.2) is 46.8 Å². The number of methoxy groups -OCH3 is 2. The number of thioether (sulfide) groups is 1. The summed E-state index contributed by atoms with van der Waals surface area (Å²) >= 11 is 7.86. The van der Waals surface area contributed by atoms with Crippen LogP contribution >= 0.6 is 35.3 Å². The molecule has 1 saturated heterocycles. The van der Waals surface area contributed by atoms with Crippen LogP contribution in [0.1, 0.15) is 5.56 Å². The highest BCUT2D eigenvalue weighted by molar-refractivity contribution is 8.26. The van der Waals surface area contributed by atoms with Crippen molar-refractivity contribution in [1.82, 2.24) is 9.88 Å². The minimum atomic E-state index is -0.359. The molecule has 0 unspecified atom stereocenters. The first-order valence-electron chi connectivity index (χ1n) is 9.11. The maximum atomic E-state index is 12.8. The van der Waals surface area contributed by atoms with E-state index in [0.717, 1.165) is 27.5 Å². The summed E-state index contributed by atoms with van der Waals surface area (Å²) in [5.41, 5.74) is 1.57. The third kappa shape index (κ3) is 4.55. The molecule has 3 aromatic rings. The lowest BCUT2D eigenvalue weighted by Crippen LogP contribution is -2.36. The second-order valence-electron chi connectivity index (χ2n) is 6.42. The predicted molar refractivity (Wildman–Crippen MR) is 128 cm³/mol. The molecule has 158 valence electrons. The van der Waals surface area contributed by atoms with Crippen LogP contribution in [0.3, 0.4) is 0 Å². The molecule has 0 aliphatic carbocycles. The van der Waals surface area contributed by atoms with Gasteiger partial charge in [-0.15, -0.1) is 0 Å². The molecule has 0 radical (unpaired) electrons. The Balaban J connectivity index is 1.46. The molecule has 0 bridgehead atoms. The Hall–Kier alpha value is -2.95. The number of ether oxygens (including phenoxy) is 2. The van der Waals surface area contributed by atoms with E-state index in [4.69, 9.17) is 21.7 Å². The molecule has 1 aliphatic heterocycles. The van der Waals surface area contributed by atoms with Crippen molar-refractivity contribution in [1.29, 1.82) is 0 Å². The van der Waals surface area contributed by atoms with Gasteiger partial charge in [0.05, 0.1) is 29.3 Å². The van der Waals surface area contributed by atoms with E-state index in [9.17, 15) is 9.59 Å². The summed E-state index contributed by atoms with van der Waals surface area (Å²) in [5.74, 6) is 0.479. The number of carbonyl (C=O) groups is 2. The smallest absolute Gasteiger partial charge is 0.266 e. The van der Waals surface area contributed by atoms with Crippen molar-refractivity contribution in [3.05, 3.63) is 52.9 Å². The number of thiocarbonyl (C=S) groups is 1. The lowest BCUT2D eigenvalue weighted by molar-refractivity contribution is -0.126. The van der Waals surface area contributed by atoms with Gasteiger partial charge in [-0.25, -0.2) is 4.98 Å². The Morgan fingerprint density at radius 2 is 1.97 bits per heavy atom. The van der Waals surface area contributed by atoms with Crippen molar-refractivity contribution in [3.63, 3.8) is 0 Å². The van der Waals surface area contributed by atoms with Crippen molar-refractivity contribution in [2.45, 2.75) is 0 Å². The quantitative estimate of drug-likeness (QED) is 0.427. The Morgan fingerprint density at radius 3 is 2.71 bits per heavy atom. The van der Waals surface area contributed by atoms with Crippen LogP contribution in [0.15, 0.2) is 47.4 Å². The van der Waals surface area contributed by atoms with Gasteiger partial charge in [0.25, 0.3) is 5.91 Å².